The molecule has 0 atom stereocenters. The fraction of sp³-hybridized carbons (Fsp3) is 0.562. The molecular formula is C16H27N3S. The average molecular weight is 293 g/mol. The molecule has 0 aliphatic heterocycles. The Hall–Kier alpha value is -1.13. The van der Waals surface area contributed by atoms with Crippen LogP contribution in [0.1, 0.15) is 31.4 Å². The first kappa shape index (κ1) is 16.9. The van der Waals surface area contributed by atoms with Crippen LogP contribution in [-0.4, -0.2) is 36.2 Å². The smallest absolute Gasteiger partial charge is 0.170 e. The number of nitrogens with one attached hydrogen (secondary N) is 2. The Labute approximate surface area is 128 Å². The second-order valence-corrected chi connectivity index (χ2v) is 5.42. The number of thiocarbonyl (C=S) groups is 1. The first-order valence-corrected chi connectivity index (χ1v) is 7.82. The summed E-state index contributed by atoms with van der Waals surface area (Å²) >= 11 is 5.34. The van der Waals surface area contributed by atoms with Crippen molar-refractivity contribution in [3.8, 4) is 0 Å². The van der Waals surface area contributed by atoms with Gasteiger partial charge in [0.05, 0.1) is 0 Å². The third kappa shape index (κ3) is 5.47. The van der Waals surface area contributed by atoms with E-state index < -0.39 is 0 Å². The molecular weight excluding hydrogens is 266 g/mol. The van der Waals surface area contributed by atoms with Crippen molar-refractivity contribution >= 4 is 23.0 Å². The zero-order valence-corrected chi connectivity index (χ0v) is 13.9. The van der Waals surface area contributed by atoms with Crippen LogP contribution >= 0.6 is 12.2 Å². The van der Waals surface area contributed by atoms with Crippen molar-refractivity contribution < 1.29 is 0 Å². The molecule has 20 heavy (non-hydrogen) atoms. The fourth-order valence-corrected chi connectivity index (χ4v) is 2.31. The van der Waals surface area contributed by atoms with Gasteiger partial charge in [0.15, 0.2) is 5.11 Å². The maximum absolute atomic E-state index is 5.34. The Morgan fingerprint density at radius 1 is 1.20 bits per heavy atom. The summed E-state index contributed by atoms with van der Waals surface area (Å²) in [6.07, 6.45) is 1.11. The molecule has 0 bridgehead atoms. The van der Waals surface area contributed by atoms with E-state index in [9.17, 15) is 0 Å². The van der Waals surface area contributed by atoms with E-state index in [2.05, 4.69) is 55.4 Å². The topological polar surface area (TPSA) is 27.3 Å². The molecule has 0 aromatic heterocycles. The van der Waals surface area contributed by atoms with Crippen LogP contribution in [0.3, 0.4) is 0 Å². The molecule has 4 heteroatoms. The lowest BCUT2D eigenvalue weighted by Gasteiger charge is -2.18. The lowest BCUT2D eigenvalue weighted by atomic mass is 10.1. The van der Waals surface area contributed by atoms with E-state index in [0.29, 0.717) is 5.11 Å². The van der Waals surface area contributed by atoms with E-state index in [1.165, 1.54) is 11.1 Å². The number of nitrogens with zero attached hydrogens (tertiary/aromatic N) is 1. The SMILES string of the molecule is CCN(CC)CCCNC(=S)Nc1cccc(C)c1C. The zero-order chi connectivity index (χ0) is 15.0. The maximum atomic E-state index is 5.34. The monoisotopic (exact) mass is 293 g/mol. The molecule has 0 spiro atoms. The van der Waals surface area contributed by atoms with Crippen LogP contribution in [0.5, 0.6) is 0 Å². The van der Waals surface area contributed by atoms with Crippen LogP contribution in [0.4, 0.5) is 5.69 Å². The molecule has 0 amide bonds. The molecule has 0 aliphatic carbocycles. The van der Waals surface area contributed by atoms with Crippen molar-refractivity contribution in [3.63, 3.8) is 0 Å². The normalized spacial score (nSPS) is 10.7. The van der Waals surface area contributed by atoms with Gasteiger partial charge in [-0.05, 0) is 69.3 Å². The largest absolute Gasteiger partial charge is 0.362 e. The Balaban J connectivity index is 2.32. The molecule has 0 fully saturated rings. The van der Waals surface area contributed by atoms with Crippen LogP contribution in [0, 0.1) is 13.8 Å². The third-order valence-electron chi connectivity index (χ3n) is 3.68. The summed E-state index contributed by atoms with van der Waals surface area (Å²) < 4.78 is 0. The molecule has 0 unspecified atom stereocenters. The maximum Gasteiger partial charge on any atom is 0.170 e. The second-order valence-electron chi connectivity index (χ2n) is 5.01. The van der Waals surface area contributed by atoms with E-state index in [-0.39, 0.29) is 0 Å². The van der Waals surface area contributed by atoms with Crippen LogP contribution < -0.4 is 10.6 Å². The zero-order valence-electron chi connectivity index (χ0n) is 13.1. The van der Waals surface area contributed by atoms with Crippen LogP contribution in [0.25, 0.3) is 0 Å². The standard InChI is InChI=1S/C16H27N3S/c1-5-19(6-2)12-8-11-17-16(20)18-15-10-7-9-13(3)14(15)4/h7,9-10H,5-6,8,11-12H2,1-4H3,(H2,17,18,20). The summed E-state index contributed by atoms with van der Waals surface area (Å²) in [5, 5.41) is 7.26. The second kappa shape index (κ2) is 8.93. The van der Waals surface area contributed by atoms with Crippen LogP contribution in [0.2, 0.25) is 0 Å². The van der Waals surface area contributed by atoms with Gasteiger partial charge in [-0.25, -0.2) is 0 Å². The van der Waals surface area contributed by atoms with Gasteiger partial charge in [0, 0.05) is 12.2 Å². The van der Waals surface area contributed by atoms with Crippen molar-refractivity contribution in [1.29, 1.82) is 0 Å². The predicted molar refractivity (Wildman–Crippen MR) is 92.5 cm³/mol. The molecule has 1 aromatic rings. The van der Waals surface area contributed by atoms with E-state index >= 15 is 0 Å². The van der Waals surface area contributed by atoms with Gasteiger partial charge >= 0.3 is 0 Å². The fourth-order valence-electron chi connectivity index (χ4n) is 2.10. The third-order valence-corrected chi connectivity index (χ3v) is 3.93. The quantitative estimate of drug-likeness (QED) is 0.596. The highest BCUT2D eigenvalue weighted by Gasteiger charge is 2.03. The summed E-state index contributed by atoms with van der Waals surface area (Å²) in [4.78, 5) is 2.42. The molecule has 0 radical (unpaired) electrons. The first-order chi connectivity index (χ1) is 9.58. The number of hydrogen-bond donors (Lipinski definition) is 2. The minimum Gasteiger partial charge on any atom is -0.362 e. The Bertz CT molecular complexity index is 428. The Kier molecular flexibility index (Phi) is 7.55. The Morgan fingerprint density at radius 3 is 2.55 bits per heavy atom. The summed E-state index contributed by atoms with van der Waals surface area (Å²) in [7, 11) is 0. The molecule has 2 N–H and O–H groups in total. The molecule has 1 rings (SSSR count). The van der Waals surface area contributed by atoms with Gasteiger partial charge < -0.3 is 15.5 Å². The van der Waals surface area contributed by atoms with Gasteiger partial charge in [0.2, 0.25) is 0 Å². The summed E-state index contributed by atoms with van der Waals surface area (Å²) in [5.41, 5.74) is 3.62. The highest BCUT2D eigenvalue weighted by molar-refractivity contribution is 7.80. The van der Waals surface area contributed by atoms with Crippen molar-refractivity contribution in [2.24, 2.45) is 0 Å². The number of aryl methyl sites for hydroxylation is 1. The lowest BCUT2D eigenvalue weighted by Crippen LogP contribution is -2.32. The summed E-state index contributed by atoms with van der Waals surface area (Å²) in [6.45, 7) is 12.9. The number of hydrogen-bond acceptors (Lipinski definition) is 2. The number of benzene rings is 1. The minimum atomic E-state index is 0.707. The van der Waals surface area contributed by atoms with Gasteiger partial charge in [-0.2, -0.15) is 0 Å². The first-order valence-electron chi connectivity index (χ1n) is 7.41. The predicted octanol–water partition coefficient (Wildman–Crippen LogP) is 3.32. The van der Waals surface area contributed by atoms with Crippen molar-refractivity contribution in [1.82, 2.24) is 10.2 Å². The molecule has 0 saturated heterocycles. The van der Waals surface area contributed by atoms with Crippen molar-refractivity contribution in [3.05, 3.63) is 29.3 Å². The van der Waals surface area contributed by atoms with Gasteiger partial charge in [0.25, 0.3) is 0 Å². The lowest BCUT2D eigenvalue weighted by molar-refractivity contribution is 0.300. The van der Waals surface area contributed by atoms with Gasteiger partial charge in [-0.3, -0.25) is 0 Å². The molecule has 3 nitrogen and oxygen atoms in total. The van der Waals surface area contributed by atoms with E-state index in [0.717, 1.165) is 38.3 Å². The van der Waals surface area contributed by atoms with E-state index in [4.69, 9.17) is 12.2 Å². The van der Waals surface area contributed by atoms with Gasteiger partial charge in [-0.1, -0.05) is 26.0 Å². The van der Waals surface area contributed by atoms with E-state index in [1.807, 2.05) is 6.07 Å². The molecule has 1 aromatic carbocycles. The van der Waals surface area contributed by atoms with Crippen LogP contribution in [-0.2, 0) is 0 Å². The summed E-state index contributed by atoms with van der Waals surface area (Å²) in [5.74, 6) is 0. The highest BCUT2D eigenvalue weighted by Crippen LogP contribution is 2.17. The number of anilines is 1. The molecule has 0 saturated carbocycles. The van der Waals surface area contributed by atoms with Crippen molar-refractivity contribution in [2.45, 2.75) is 34.1 Å². The van der Waals surface area contributed by atoms with E-state index in [1.54, 1.807) is 0 Å². The van der Waals surface area contributed by atoms with Gasteiger partial charge in [0.1, 0.15) is 0 Å². The Morgan fingerprint density at radius 2 is 1.90 bits per heavy atom. The molecule has 0 heterocycles. The molecule has 112 valence electrons. The summed E-state index contributed by atoms with van der Waals surface area (Å²) in [6, 6.07) is 6.22. The minimum absolute atomic E-state index is 0.707. The average Bonchev–Trinajstić information content (AvgIpc) is 2.44. The molecule has 0 aliphatic rings. The highest BCUT2D eigenvalue weighted by atomic mass is 32.1. The van der Waals surface area contributed by atoms with Crippen molar-refractivity contribution in [2.75, 3.05) is 31.5 Å². The van der Waals surface area contributed by atoms with Gasteiger partial charge in [-0.15, -0.1) is 0 Å². The number of rotatable bonds is 7. The van der Waals surface area contributed by atoms with Crippen LogP contribution in [0.15, 0.2) is 18.2 Å².